The minimum atomic E-state index is -1.18. The highest BCUT2D eigenvalue weighted by Gasteiger charge is 2.27. The molecule has 8 heteroatoms. The molecule has 25 heavy (non-hydrogen) atoms. The number of carbonyl (C=O) groups excluding carboxylic acids is 1. The van der Waals surface area contributed by atoms with Crippen LogP contribution in [0.4, 0.5) is 4.39 Å². The highest BCUT2D eigenvalue weighted by atomic mass is 19.1. The zero-order valence-electron chi connectivity index (χ0n) is 13.6. The van der Waals surface area contributed by atoms with Crippen molar-refractivity contribution in [2.45, 2.75) is 38.3 Å². The van der Waals surface area contributed by atoms with E-state index in [9.17, 15) is 14.0 Å². The Morgan fingerprint density at radius 1 is 1.24 bits per heavy atom. The number of piperidine rings is 1. The second kappa shape index (κ2) is 7.42. The fourth-order valence-electron chi connectivity index (χ4n) is 3.14. The lowest BCUT2D eigenvalue weighted by molar-refractivity contribution is -0.135. The number of hydrogen-bond donors (Lipinski definition) is 1. The fraction of sp³-hybridized carbons (Fsp3) is 0.412. The Hall–Kier alpha value is -2.77. The monoisotopic (exact) mass is 346 g/mol. The number of likely N-dealkylation sites (tertiary alicyclic amines) is 1. The Morgan fingerprint density at radius 3 is 2.68 bits per heavy atom. The van der Waals surface area contributed by atoms with Gasteiger partial charge in [-0.25, -0.2) is 13.9 Å². The summed E-state index contributed by atoms with van der Waals surface area (Å²) < 4.78 is 14.3. The number of hydrogen-bond acceptors (Lipinski definition) is 4. The first-order valence-electron chi connectivity index (χ1n) is 8.20. The van der Waals surface area contributed by atoms with Gasteiger partial charge in [-0.2, -0.15) is 0 Å². The molecule has 2 heterocycles. The van der Waals surface area contributed by atoms with E-state index in [4.69, 9.17) is 5.11 Å². The number of aromatic nitrogens is 3. The normalized spacial score (nSPS) is 17.5. The highest BCUT2D eigenvalue weighted by Crippen LogP contribution is 2.21. The van der Waals surface area contributed by atoms with Gasteiger partial charge in [0, 0.05) is 12.6 Å². The molecule has 0 aliphatic carbocycles. The number of benzene rings is 1. The highest BCUT2D eigenvalue weighted by molar-refractivity contribution is 5.84. The molecule has 1 atom stereocenters. The van der Waals surface area contributed by atoms with Crippen LogP contribution in [-0.2, 0) is 17.8 Å². The number of amides is 1. The van der Waals surface area contributed by atoms with E-state index in [2.05, 4.69) is 10.3 Å². The van der Waals surface area contributed by atoms with Gasteiger partial charge in [0.1, 0.15) is 12.4 Å². The molecule has 1 amide bonds. The predicted molar refractivity (Wildman–Crippen MR) is 86.4 cm³/mol. The van der Waals surface area contributed by atoms with Crippen molar-refractivity contribution >= 4 is 11.9 Å². The number of carboxylic acid groups (broad SMARTS) is 1. The molecule has 1 saturated heterocycles. The number of aromatic carboxylic acids is 1. The van der Waals surface area contributed by atoms with Crippen LogP contribution in [-0.4, -0.2) is 49.5 Å². The number of nitrogens with zero attached hydrogens (tertiary/aromatic N) is 4. The summed E-state index contributed by atoms with van der Waals surface area (Å²) in [5.74, 6) is -1.57. The van der Waals surface area contributed by atoms with Gasteiger partial charge in [-0.1, -0.05) is 17.3 Å². The Morgan fingerprint density at radius 2 is 2.00 bits per heavy atom. The van der Waals surface area contributed by atoms with E-state index in [1.807, 2.05) is 4.90 Å². The van der Waals surface area contributed by atoms with E-state index in [0.717, 1.165) is 24.8 Å². The summed E-state index contributed by atoms with van der Waals surface area (Å²) in [6.07, 6.45) is 4.79. The second-order valence-corrected chi connectivity index (χ2v) is 6.17. The molecule has 1 aliphatic heterocycles. The Kier molecular flexibility index (Phi) is 5.06. The largest absolute Gasteiger partial charge is 0.476 e. The zero-order chi connectivity index (χ0) is 17.8. The molecular formula is C17H19FN4O3. The standard InChI is InChI=1S/C17H19FN4O3/c18-13-6-4-12(5-7-13)9-14-3-1-2-8-22(14)16(23)11-21-10-15(17(24)25)19-20-21/h4-7,10,14H,1-3,8-9,11H2,(H,24,25). The molecule has 0 radical (unpaired) electrons. The maximum atomic E-state index is 13.0. The molecule has 1 unspecified atom stereocenters. The van der Waals surface area contributed by atoms with Crippen molar-refractivity contribution in [3.8, 4) is 0 Å². The molecule has 2 aromatic rings. The van der Waals surface area contributed by atoms with E-state index < -0.39 is 5.97 Å². The van der Waals surface area contributed by atoms with Crippen molar-refractivity contribution in [3.05, 3.63) is 47.5 Å². The SMILES string of the molecule is O=C(O)c1cn(CC(=O)N2CCCCC2Cc2ccc(F)cc2)nn1. The maximum Gasteiger partial charge on any atom is 0.358 e. The molecule has 3 rings (SSSR count). The van der Waals surface area contributed by atoms with Crippen LogP contribution in [0.2, 0.25) is 0 Å². The van der Waals surface area contributed by atoms with Gasteiger partial charge >= 0.3 is 5.97 Å². The van der Waals surface area contributed by atoms with E-state index in [-0.39, 0.29) is 30.0 Å². The summed E-state index contributed by atoms with van der Waals surface area (Å²) in [7, 11) is 0. The quantitative estimate of drug-likeness (QED) is 0.891. The van der Waals surface area contributed by atoms with Crippen molar-refractivity contribution in [2.24, 2.45) is 0 Å². The first kappa shape index (κ1) is 17.1. The molecular weight excluding hydrogens is 327 g/mol. The van der Waals surface area contributed by atoms with Crippen molar-refractivity contribution in [1.82, 2.24) is 19.9 Å². The Labute approximate surface area is 144 Å². The molecule has 1 aromatic carbocycles. The number of halogens is 1. The van der Waals surface area contributed by atoms with Gasteiger partial charge in [-0.05, 0) is 43.4 Å². The number of carbonyl (C=O) groups is 2. The van der Waals surface area contributed by atoms with E-state index in [1.165, 1.54) is 23.0 Å². The van der Waals surface area contributed by atoms with Gasteiger partial charge in [0.15, 0.2) is 5.69 Å². The van der Waals surface area contributed by atoms with Gasteiger partial charge in [0.2, 0.25) is 5.91 Å². The Bertz CT molecular complexity index is 760. The first-order valence-corrected chi connectivity index (χ1v) is 8.20. The molecule has 132 valence electrons. The van der Waals surface area contributed by atoms with Crippen molar-refractivity contribution in [1.29, 1.82) is 0 Å². The minimum Gasteiger partial charge on any atom is -0.476 e. The zero-order valence-corrected chi connectivity index (χ0v) is 13.6. The van der Waals surface area contributed by atoms with Gasteiger partial charge in [0.05, 0.1) is 6.20 Å². The van der Waals surface area contributed by atoms with Crippen LogP contribution in [0.3, 0.4) is 0 Å². The van der Waals surface area contributed by atoms with Gasteiger partial charge in [-0.3, -0.25) is 4.79 Å². The van der Waals surface area contributed by atoms with Crippen LogP contribution in [0, 0.1) is 5.82 Å². The van der Waals surface area contributed by atoms with Crippen LogP contribution in [0.25, 0.3) is 0 Å². The van der Waals surface area contributed by atoms with Crippen LogP contribution in [0.5, 0.6) is 0 Å². The summed E-state index contributed by atoms with van der Waals surface area (Å²) in [5.41, 5.74) is 0.800. The number of rotatable bonds is 5. The van der Waals surface area contributed by atoms with Gasteiger partial charge < -0.3 is 10.0 Å². The van der Waals surface area contributed by atoms with Crippen LogP contribution < -0.4 is 0 Å². The first-order chi connectivity index (χ1) is 12.0. The fourth-order valence-corrected chi connectivity index (χ4v) is 3.14. The molecule has 1 fully saturated rings. The summed E-state index contributed by atoms with van der Waals surface area (Å²) >= 11 is 0. The van der Waals surface area contributed by atoms with Crippen LogP contribution in [0.15, 0.2) is 30.5 Å². The van der Waals surface area contributed by atoms with Crippen molar-refractivity contribution in [3.63, 3.8) is 0 Å². The van der Waals surface area contributed by atoms with Crippen LogP contribution in [0.1, 0.15) is 35.3 Å². The van der Waals surface area contributed by atoms with E-state index in [1.54, 1.807) is 12.1 Å². The lowest BCUT2D eigenvalue weighted by atomic mass is 9.95. The third-order valence-electron chi connectivity index (χ3n) is 4.39. The smallest absolute Gasteiger partial charge is 0.358 e. The molecule has 0 spiro atoms. The lowest BCUT2D eigenvalue weighted by Gasteiger charge is -2.36. The molecule has 1 aliphatic rings. The summed E-state index contributed by atoms with van der Waals surface area (Å²) in [6, 6.07) is 6.38. The Balaban J connectivity index is 1.67. The summed E-state index contributed by atoms with van der Waals surface area (Å²) in [4.78, 5) is 25.3. The molecule has 0 saturated carbocycles. The molecule has 1 aromatic heterocycles. The van der Waals surface area contributed by atoms with Gasteiger partial charge in [-0.15, -0.1) is 5.10 Å². The number of carboxylic acids is 1. The predicted octanol–water partition coefficient (Wildman–Crippen LogP) is 1.74. The maximum absolute atomic E-state index is 13.0. The van der Waals surface area contributed by atoms with E-state index in [0.29, 0.717) is 13.0 Å². The average Bonchev–Trinajstić information content (AvgIpc) is 3.06. The summed E-state index contributed by atoms with van der Waals surface area (Å²) in [5, 5.41) is 16.1. The third-order valence-corrected chi connectivity index (χ3v) is 4.39. The van der Waals surface area contributed by atoms with E-state index >= 15 is 0 Å². The van der Waals surface area contributed by atoms with Crippen LogP contribution >= 0.6 is 0 Å². The van der Waals surface area contributed by atoms with Crippen molar-refractivity contribution < 1.29 is 19.1 Å². The van der Waals surface area contributed by atoms with Gasteiger partial charge in [0.25, 0.3) is 0 Å². The molecule has 7 nitrogen and oxygen atoms in total. The second-order valence-electron chi connectivity index (χ2n) is 6.17. The molecule has 1 N–H and O–H groups in total. The lowest BCUT2D eigenvalue weighted by Crippen LogP contribution is -2.46. The topological polar surface area (TPSA) is 88.3 Å². The minimum absolute atomic E-state index is 0.0415. The molecule has 0 bridgehead atoms. The summed E-state index contributed by atoms with van der Waals surface area (Å²) in [6.45, 7) is 0.616. The third kappa shape index (κ3) is 4.20. The van der Waals surface area contributed by atoms with Crippen molar-refractivity contribution in [2.75, 3.05) is 6.54 Å². The average molecular weight is 346 g/mol.